The van der Waals surface area contributed by atoms with E-state index in [9.17, 15) is 4.79 Å². The van der Waals surface area contributed by atoms with E-state index in [4.69, 9.17) is 21.0 Å². The van der Waals surface area contributed by atoms with Crippen LogP contribution in [0.2, 0.25) is 0 Å². The first-order valence-corrected chi connectivity index (χ1v) is 7.23. The molecular formula is C17H17N5O3. The van der Waals surface area contributed by atoms with Crippen molar-refractivity contribution in [2.75, 3.05) is 0 Å². The molecule has 0 atom stereocenters. The lowest BCUT2D eigenvalue weighted by Gasteiger charge is -2.07. The molecule has 1 aromatic carbocycles. The zero-order chi connectivity index (χ0) is 18.1. The summed E-state index contributed by atoms with van der Waals surface area (Å²) in [5.74, 6) is -0.111. The van der Waals surface area contributed by atoms with Gasteiger partial charge in [-0.05, 0) is 29.8 Å². The molecule has 0 fully saturated rings. The molecule has 0 unspecified atom stereocenters. The van der Waals surface area contributed by atoms with Crippen molar-refractivity contribution >= 4 is 30.1 Å². The van der Waals surface area contributed by atoms with E-state index in [1.54, 1.807) is 30.5 Å². The molecule has 0 aliphatic carbocycles. The van der Waals surface area contributed by atoms with Gasteiger partial charge >= 0.3 is 5.97 Å². The summed E-state index contributed by atoms with van der Waals surface area (Å²) in [6.07, 6.45) is 5.39. The molecule has 2 rings (SSSR count). The van der Waals surface area contributed by atoms with Gasteiger partial charge in [-0.1, -0.05) is 12.1 Å². The summed E-state index contributed by atoms with van der Waals surface area (Å²) in [6.45, 7) is 0.272. The molecule has 0 saturated carbocycles. The predicted molar refractivity (Wildman–Crippen MR) is 96.6 cm³/mol. The van der Waals surface area contributed by atoms with Crippen LogP contribution in [-0.2, 0) is 6.54 Å². The maximum atomic E-state index is 11.0. The summed E-state index contributed by atoms with van der Waals surface area (Å²) < 4.78 is 5.21. The number of nitrogens with two attached hydrogens (primary N) is 2. The summed E-state index contributed by atoms with van der Waals surface area (Å²) in [5, 5.41) is 8.99. The van der Waals surface area contributed by atoms with Gasteiger partial charge in [-0.15, -0.1) is 0 Å². The minimum absolute atomic E-state index is 0.172. The number of furan rings is 1. The molecule has 1 aromatic heterocycles. The van der Waals surface area contributed by atoms with Crippen LogP contribution in [0.1, 0.15) is 21.7 Å². The normalized spacial score (nSPS) is 13.0. The molecule has 0 aliphatic heterocycles. The van der Waals surface area contributed by atoms with E-state index in [-0.39, 0.29) is 17.9 Å². The van der Waals surface area contributed by atoms with E-state index in [0.717, 1.165) is 6.34 Å². The van der Waals surface area contributed by atoms with Gasteiger partial charge in [0.15, 0.2) is 0 Å². The van der Waals surface area contributed by atoms with Gasteiger partial charge in [-0.3, -0.25) is 4.99 Å². The maximum Gasteiger partial charge on any atom is 0.335 e. The van der Waals surface area contributed by atoms with Gasteiger partial charge in [0.1, 0.15) is 17.9 Å². The fourth-order valence-electron chi connectivity index (χ4n) is 1.92. The van der Waals surface area contributed by atoms with Gasteiger partial charge in [-0.2, -0.15) is 0 Å². The fourth-order valence-corrected chi connectivity index (χ4v) is 1.92. The number of carboxylic acid groups (broad SMARTS) is 1. The lowest BCUT2D eigenvalue weighted by atomic mass is 10.0. The third-order valence-corrected chi connectivity index (χ3v) is 3.13. The van der Waals surface area contributed by atoms with Crippen molar-refractivity contribution < 1.29 is 14.3 Å². The van der Waals surface area contributed by atoms with Crippen LogP contribution in [0.4, 0.5) is 0 Å². The Morgan fingerprint density at radius 2 is 1.88 bits per heavy atom. The number of hydrogen-bond acceptors (Lipinski definition) is 4. The number of aromatic carboxylic acids is 1. The number of carbonyl (C=O) groups is 1. The summed E-state index contributed by atoms with van der Waals surface area (Å²) in [5.41, 5.74) is 12.6. The highest BCUT2D eigenvalue weighted by atomic mass is 16.4. The second-order valence-corrected chi connectivity index (χ2v) is 4.77. The Kier molecular flexibility index (Phi) is 6.24. The highest BCUT2D eigenvalue weighted by Gasteiger charge is 2.09. The third-order valence-electron chi connectivity index (χ3n) is 3.13. The van der Waals surface area contributed by atoms with Gasteiger partial charge < -0.3 is 21.0 Å². The standard InChI is InChI=1S/C17H17N5O3/c18-10-21-11-20-9-15(12-3-5-13(6-4-12)17(23)24)16(19)22-8-14-2-1-7-25-14/h1-7,9-11H,8H2,(H2,19,22)(H,23,24)(H2,18,20,21)/b15-9-. The first-order valence-electron chi connectivity index (χ1n) is 7.23. The molecule has 25 heavy (non-hydrogen) atoms. The van der Waals surface area contributed by atoms with Crippen LogP contribution in [0, 0.1) is 0 Å². The summed E-state index contributed by atoms with van der Waals surface area (Å²) in [7, 11) is 0. The average molecular weight is 339 g/mol. The van der Waals surface area contributed by atoms with E-state index in [1.165, 1.54) is 24.7 Å². The average Bonchev–Trinajstić information content (AvgIpc) is 3.13. The van der Waals surface area contributed by atoms with Gasteiger partial charge in [0, 0.05) is 11.8 Å². The second-order valence-electron chi connectivity index (χ2n) is 4.77. The first kappa shape index (κ1) is 17.7. The number of aliphatic imine (C=N–C) groups is 3. The highest BCUT2D eigenvalue weighted by Crippen LogP contribution is 2.17. The highest BCUT2D eigenvalue weighted by molar-refractivity contribution is 6.22. The molecule has 0 radical (unpaired) electrons. The van der Waals surface area contributed by atoms with Crippen molar-refractivity contribution in [1.29, 1.82) is 0 Å². The zero-order valence-corrected chi connectivity index (χ0v) is 13.2. The second kappa shape index (κ2) is 8.82. The molecule has 0 saturated heterocycles. The monoisotopic (exact) mass is 339 g/mol. The van der Waals surface area contributed by atoms with E-state index in [1.807, 2.05) is 0 Å². The molecule has 0 spiro atoms. The molecule has 0 amide bonds. The van der Waals surface area contributed by atoms with Crippen molar-refractivity contribution in [1.82, 2.24) is 0 Å². The van der Waals surface area contributed by atoms with Gasteiger partial charge in [0.2, 0.25) is 0 Å². The molecule has 8 nitrogen and oxygen atoms in total. The van der Waals surface area contributed by atoms with E-state index in [0.29, 0.717) is 16.9 Å². The van der Waals surface area contributed by atoms with Gasteiger partial charge in [-0.25, -0.2) is 14.8 Å². The van der Waals surface area contributed by atoms with E-state index >= 15 is 0 Å². The maximum absolute atomic E-state index is 11.0. The molecule has 5 N–H and O–H groups in total. The number of hydrogen-bond donors (Lipinski definition) is 3. The Bertz CT molecular complexity index is 818. The molecule has 0 aliphatic rings. The van der Waals surface area contributed by atoms with Crippen molar-refractivity contribution in [3.8, 4) is 0 Å². The first-order chi connectivity index (χ1) is 12.1. The minimum Gasteiger partial charge on any atom is -0.478 e. The Labute approximate surface area is 143 Å². The molecule has 128 valence electrons. The van der Waals surface area contributed by atoms with Crippen LogP contribution in [0.3, 0.4) is 0 Å². The molecule has 0 bridgehead atoms. The number of benzene rings is 1. The largest absolute Gasteiger partial charge is 0.478 e. The van der Waals surface area contributed by atoms with E-state index in [2.05, 4.69) is 15.0 Å². The molecular weight excluding hydrogens is 322 g/mol. The topological polar surface area (TPSA) is 140 Å². The number of carboxylic acids is 1. The molecule has 2 aromatic rings. The minimum atomic E-state index is -1.01. The van der Waals surface area contributed by atoms with Crippen LogP contribution in [0.15, 0.2) is 68.3 Å². The Balaban J connectivity index is 2.31. The van der Waals surface area contributed by atoms with Crippen molar-refractivity contribution in [2.45, 2.75) is 6.54 Å². The van der Waals surface area contributed by atoms with E-state index < -0.39 is 5.97 Å². The van der Waals surface area contributed by atoms with Crippen LogP contribution in [0.25, 0.3) is 5.57 Å². The Morgan fingerprint density at radius 1 is 1.16 bits per heavy atom. The third kappa shape index (κ3) is 5.17. The number of nitrogens with zero attached hydrogens (tertiary/aromatic N) is 3. The lowest BCUT2D eigenvalue weighted by Crippen LogP contribution is -2.14. The summed E-state index contributed by atoms with van der Waals surface area (Å²) in [6, 6.07) is 9.77. The fraction of sp³-hybridized carbons (Fsp3) is 0.0588. The Hall–Kier alpha value is -3.68. The van der Waals surface area contributed by atoms with Crippen LogP contribution in [-0.4, -0.2) is 29.6 Å². The Morgan fingerprint density at radius 3 is 2.48 bits per heavy atom. The molecule has 1 heterocycles. The van der Waals surface area contributed by atoms with Crippen molar-refractivity contribution in [3.63, 3.8) is 0 Å². The van der Waals surface area contributed by atoms with Crippen LogP contribution >= 0.6 is 0 Å². The number of amidine groups is 1. The molecule has 8 heteroatoms. The van der Waals surface area contributed by atoms with Crippen molar-refractivity contribution in [3.05, 3.63) is 65.7 Å². The van der Waals surface area contributed by atoms with Crippen molar-refractivity contribution in [2.24, 2.45) is 26.4 Å². The van der Waals surface area contributed by atoms with Gasteiger partial charge in [0.05, 0.1) is 24.7 Å². The SMILES string of the molecule is NC=NC=N/C=C(\C(N)=NCc1ccco1)c1ccc(C(=O)O)cc1. The van der Waals surface area contributed by atoms with Crippen LogP contribution in [0.5, 0.6) is 0 Å². The number of rotatable bonds is 7. The predicted octanol–water partition coefficient (Wildman–Crippen LogP) is 1.89. The lowest BCUT2D eigenvalue weighted by molar-refractivity contribution is 0.0697. The summed E-state index contributed by atoms with van der Waals surface area (Å²) in [4.78, 5) is 22.9. The smallest absolute Gasteiger partial charge is 0.335 e. The summed E-state index contributed by atoms with van der Waals surface area (Å²) >= 11 is 0. The van der Waals surface area contributed by atoms with Crippen LogP contribution < -0.4 is 11.5 Å². The quantitative estimate of drug-likeness (QED) is 0.522. The zero-order valence-electron chi connectivity index (χ0n) is 13.2. The van der Waals surface area contributed by atoms with Gasteiger partial charge in [0.25, 0.3) is 0 Å².